The molecule has 0 aliphatic heterocycles. The molecule has 1 amide bonds. The zero-order chi connectivity index (χ0) is 15.2. The number of nitrogen functional groups attached to an aromatic ring is 1. The van der Waals surface area contributed by atoms with Crippen LogP contribution in [-0.4, -0.2) is 37.1 Å². The zero-order valence-corrected chi connectivity index (χ0v) is 11.2. The molecule has 5 nitrogen and oxygen atoms in total. The van der Waals surface area contributed by atoms with E-state index in [1.54, 1.807) is 6.07 Å². The molecule has 1 aromatic heterocycles. The van der Waals surface area contributed by atoms with Gasteiger partial charge in [0, 0.05) is 11.9 Å². The van der Waals surface area contributed by atoms with Crippen LogP contribution in [0, 0.1) is 0 Å². The summed E-state index contributed by atoms with van der Waals surface area (Å²) in [6.07, 6.45) is -2.51. The Hall–Kier alpha value is -2.28. The summed E-state index contributed by atoms with van der Waals surface area (Å²) >= 11 is 0. The van der Waals surface area contributed by atoms with Crippen LogP contribution < -0.4 is 11.1 Å². The highest BCUT2D eigenvalue weighted by Crippen LogP contribution is 2.19. The Morgan fingerprint density at radius 2 is 2.14 bits per heavy atom. The average molecular weight is 295 g/mol. The van der Waals surface area contributed by atoms with E-state index in [1.807, 2.05) is 24.3 Å². The van der Waals surface area contributed by atoms with Crippen LogP contribution in [0.1, 0.15) is 10.5 Å². The van der Waals surface area contributed by atoms with Crippen molar-refractivity contribution in [2.75, 3.05) is 25.5 Å². The second-order valence-electron chi connectivity index (χ2n) is 4.34. The van der Waals surface area contributed by atoms with E-state index in [1.165, 1.54) is 0 Å². The Kier molecular flexibility index (Phi) is 4.99. The third-order valence-electron chi connectivity index (χ3n) is 2.78. The molecule has 2 rings (SSSR count). The third kappa shape index (κ3) is 4.09. The van der Waals surface area contributed by atoms with Gasteiger partial charge in [-0.25, -0.2) is 13.8 Å². The summed E-state index contributed by atoms with van der Waals surface area (Å²) in [7, 11) is 0. The number of alkyl halides is 2. The number of nitrogens with two attached hydrogens (primary N) is 1. The number of hydrogen-bond acceptors (Lipinski definition) is 4. The molecule has 3 N–H and O–H groups in total. The number of carbonyl (C=O) groups excluding carboxylic acids is 1. The van der Waals surface area contributed by atoms with Crippen molar-refractivity contribution in [3.05, 3.63) is 36.0 Å². The summed E-state index contributed by atoms with van der Waals surface area (Å²) in [4.78, 5) is 15.9. The van der Waals surface area contributed by atoms with Crippen molar-refractivity contribution in [3.63, 3.8) is 0 Å². The quantitative estimate of drug-likeness (QED) is 0.797. The number of nitrogens with zero attached hydrogens (tertiary/aromatic N) is 1. The maximum Gasteiger partial charge on any atom is 0.270 e. The normalized spacial score (nSPS) is 11.0. The molecule has 0 fully saturated rings. The first-order valence-electron chi connectivity index (χ1n) is 6.37. The predicted molar refractivity (Wildman–Crippen MR) is 75.3 cm³/mol. The monoisotopic (exact) mass is 295 g/mol. The van der Waals surface area contributed by atoms with Crippen molar-refractivity contribution in [2.24, 2.45) is 0 Å². The van der Waals surface area contributed by atoms with Crippen molar-refractivity contribution in [1.29, 1.82) is 0 Å². The molecule has 7 heteroatoms. The number of halogens is 2. The van der Waals surface area contributed by atoms with Crippen molar-refractivity contribution in [1.82, 2.24) is 10.3 Å². The van der Waals surface area contributed by atoms with E-state index in [-0.39, 0.29) is 24.7 Å². The number of pyridine rings is 1. The molecule has 0 atom stereocenters. The van der Waals surface area contributed by atoms with E-state index < -0.39 is 18.9 Å². The first-order valence-corrected chi connectivity index (χ1v) is 6.37. The molecule has 21 heavy (non-hydrogen) atoms. The zero-order valence-electron chi connectivity index (χ0n) is 11.2. The lowest BCUT2D eigenvalue weighted by Crippen LogP contribution is -2.28. The van der Waals surface area contributed by atoms with E-state index in [4.69, 9.17) is 5.73 Å². The molecular weight excluding hydrogens is 280 g/mol. The van der Waals surface area contributed by atoms with Crippen LogP contribution in [0.4, 0.5) is 14.6 Å². The Morgan fingerprint density at radius 3 is 2.90 bits per heavy atom. The van der Waals surface area contributed by atoms with Crippen molar-refractivity contribution >= 4 is 22.5 Å². The van der Waals surface area contributed by atoms with Crippen molar-refractivity contribution in [3.8, 4) is 0 Å². The molecule has 0 unspecified atom stereocenters. The number of fused-ring (bicyclic) bond motifs is 1. The lowest BCUT2D eigenvalue weighted by atomic mass is 10.1. The van der Waals surface area contributed by atoms with Gasteiger partial charge in [0.1, 0.15) is 18.1 Å². The van der Waals surface area contributed by atoms with Crippen molar-refractivity contribution < 1.29 is 18.3 Å². The lowest BCUT2D eigenvalue weighted by Gasteiger charge is -2.08. The summed E-state index contributed by atoms with van der Waals surface area (Å²) in [6.45, 7) is -0.504. The number of benzene rings is 1. The number of nitrogens with one attached hydrogen (secondary N) is 1. The fraction of sp³-hybridized carbons (Fsp3) is 0.286. The molecule has 0 saturated heterocycles. The van der Waals surface area contributed by atoms with Crippen LogP contribution in [-0.2, 0) is 4.74 Å². The summed E-state index contributed by atoms with van der Waals surface area (Å²) in [5.74, 6) is -0.152. The van der Waals surface area contributed by atoms with Gasteiger partial charge in [-0.05, 0) is 11.5 Å². The highest BCUT2D eigenvalue weighted by Gasteiger charge is 2.10. The molecule has 2 aromatic rings. The standard InChI is InChI=1S/C14H15F2N3O2/c15-12(16)8-21-6-5-18-14(20)11-7-9-3-1-2-4-10(9)13(17)19-11/h1-4,7,12H,5-6,8H2,(H2,17,19)(H,18,20). The number of carbonyl (C=O) groups is 1. The molecule has 0 saturated carbocycles. The minimum absolute atomic E-state index is 0.0130. The van der Waals surface area contributed by atoms with Crippen LogP contribution >= 0.6 is 0 Å². The van der Waals surface area contributed by atoms with E-state index in [9.17, 15) is 13.6 Å². The van der Waals surface area contributed by atoms with Crippen molar-refractivity contribution in [2.45, 2.75) is 6.43 Å². The molecule has 112 valence electrons. The number of ether oxygens (including phenoxy) is 1. The Balaban J connectivity index is 1.96. The van der Waals surface area contributed by atoms with Gasteiger partial charge in [-0.1, -0.05) is 24.3 Å². The summed E-state index contributed by atoms with van der Waals surface area (Å²) in [5, 5.41) is 4.12. The van der Waals surface area contributed by atoms with Crippen LogP contribution in [0.15, 0.2) is 30.3 Å². The average Bonchev–Trinajstić information content (AvgIpc) is 2.46. The Morgan fingerprint density at radius 1 is 1.38 bits per heavy atom. The van der Waals surface area contributed by atoms with Gasteiger partial charge in [-0.15, -0.1) is 0 Å². The minimum Gasteiger partial charge on any atom is -0.383 e. The van der Waals surface area contributed by atoms with Crippen LogP contribution in [0.5, 0.6) is 0 Å². The number of rotatable bonds is 6. The van der Waals surface area contributed by atoms with Crippen LogP contribution in [0.2, 0.25) is 0 Å². The number of aromatic nitrogens is 1. The second kappa shape index (κ2) is 6.94. The highest BCUT2D eigenvalue weighted by molar-refractivity contribution is 5.99. The van der Waals surface area contributed by atoms with Gasteiger partial charge in [0.05, 0.1) is 6.61 Å². The maximum absolute atomic E-state index is 11.9. The van der Waals surface area contributed by atoms with Gasteiger partial charge < -0.3 is 15.8 Å². The number of anilines is 1. The molecule has 0 aliphatic rings. The topological polar surface area (TPSA) is 77.2 Å². The fourth-order valence-corrected chi connectivity index (χ4v) is 1.84. The molecule has 0 radical (unpaired) electrons. The maximum atomic E-state index is 11.9. The Labute approximate surface area is 120 Å². The molecular formula is C14H15F2N3O2. The molecule has 1 aromatic carbocycles. The van der Waals surface area contributed by atoms with Gasteiger partial charge in [-0.2, -0.15) is 0 Å². The van der Waals surface area contributed by atoms with Gasteiger partial charge in [0.25, 0.3) is 12.3 Å². The largest absolute Gasteiger partial charge is 0.383 e. The number of amides is 1. The second-order valence-corrected chi connectivity index (χ2v) is 4.34. The number of hydrogen-bond donors (Lipinski definition) is 2. The predicted octanol–water partition coefficient (Wildman–Crippen LogP) is 1.83. The molecule has 0 spiro atoms. The molecule has 0 aliphatic carbocycles. The van der Waals surface area contributed by atoms with E-state index in [2.05, 4.69) is 15.0 Å². The first-order chi connectivity index (χ1) is 10.1. The van der Waals surface area contributed by atoms with Gasteiger partial charge in [0.15, 0.2) is 0 Å². The van der Waals surface area contributed by atoms with Crippen LogP contribution in [0.25, 0.3) is 10.8 Å². The molecule has 1 heterocycles. The third-order valence-corrected chi connectivity index (χ3v) is 2.78. The van der Waals surface area contributed by atoms with E-state index in [0.717, 1.165) is 10.8 Å². The van der Waals surface area contributed by atoms with E-state index in [0.29, 0.717) is 0 Å². The first kappa shape index (κ1) is 15.1. The van der Waals surface area contributed by atoms with Gasteiger partial charge in [-0.3, -0.25) is 4.79 Å². The SMILES string of the molecule is Nc1nc(C(=O)NCCOCC(F)F)cc2ccccc12. The van der Waals surface area contributed by atoms with E-state index >= 15 is 0 Å². The lowest BCUT2D eigenvalue weighted by molar-refractivity contribution is 0.0188. The van der Waals surface area contributed by atoms with Gasteiger partial charge >= 0.3 is 0 Å². The van der Waals surface area contributed by atoms with Crippen LogP contribution in [0.3, 0.4) is 0 Å². The molecule has 0 bridgehead atoms. The fourth-order valence-electron chi connectivity index (χ4n) is 1.84. The summed E-state index contributed by atoms with van der Waals surface area (Å²) in [5.41, 5.74) is 5.99. The Bertz CT molecular complexity index is 635. The summed E-state index contributed by atoms with van der Waals surface area (Å²) < 4.78 is 28.3. The van der Waals surface area contributed by atoms with Gasteiger partial charge in [0.2, 0.25) is 0 Å². The highest BCUT2D eigenvalue weighted by atomic mass is 19.3. The minimum atomic E-state index is -2.51. The summed E-state index contributed by atoms with van der Waals surface area (Å²) in [6, 6.07) is 8.94. The smallest absolute Gasteiger partial charge is 0.270 e.